The van der Waals surface area contributed by atoms with Crippen molar-refractivity contribution in [3.8, 4) is 5.75 Å². The van der Waals surface area contributed by atoms with Gasteiger partial charge in [0.2, 0.25) is 0 Å². The fourth-order valence-corrected chi connectivity index (χ4v) is 2.93. The minimum atomic E-state index is -0.720. The lowest BCUT2D eigenvalue weighted by Gasteiger charge is -2.27. The predicted octanol–water partition coefficient (Wildman–Crippen LogP) is 4.14. The number of rotatable bonds is 2. The normalized spacial score (nSPS) is 28.8. The molecule has 1 aromatic rings. The van der Waals surface area contributed by atoms with E-state index in [1.54, 1.807) is 7.11 Å². The van der Waals surface area contributed by atoms with Crippen LogP contribution in [0.5, 0.6) is 5.75 Å². The summed E-state index contributed by atoms with van der Waals surface area (Å²) >= 11 is 6.03. The molecule has 1 saturated carbocycles. The number of benzene rings is 1. The van der Waals surface area contributed by atoms with Crippen molar-refractivity contribution < 1.29 is 9.84 Å². The van der Waals surface area contributed by atoms with Gasteiger partial charge < -0.3 is 9.84 Å². The highest BCUT2D eigenvalue weighted by atomic mass is 35.5. The molecule has 100 valence electrons. The zero-order chi connectivity index (χ0) is 13.2. The van der Waals surface area contributed by atoms with Crippen LogP contribution in [-0.4, -0.2) is 12.2 Å². The fraction of sp³-hybridized carbons (Fsp3) is 0.600. The predicted molar refractivity (Wildman–Crippen MR) is 74.1 cm³/mol. The van der Waals surface area contributed by atoms with Crippen molar-refractivity contribution in [3.63, 3.8) is 0 Å². The van der Waals surface area contributed by atoms with E-state index in [-0.39, 0.29) is 0 Å². The van der Waals surface area contributed by atoms with Gasteiger partial charge in [-0.1, -0.05) is 31.0 Å². The highest BCUT2D eigenvalue weighted by molar-refractivity contribution is 6.32. The third-order valence-electron chi connectivity index (χ3n) is 4.03. The first-order valence-corrected chi connectivity index (χ1v) is 6.99. The summed E-state index contributed by atoms with van der Waals surface area (Å²) in [5.74, 6) is 1.34. The molecule has 0 amide bonds. The van der Waals surface area contributed by atoms with E-state index in [1.807, 2.05) is 18.2 Å². The van der Waals surface area contributed by atoms with Gasteiger partial charge in [0.05, 0.1) is 17.7 Å². The summed E-state index contributed by atoms with van der Waals surface area (Å²) in [5.41, 5.74) is 0.209. The molecular formula is C15H21ClO2. The smallest absolute Gasteiger partial charge is 0.137 e. The van der Waals surface area contributed by atoms with Crippen LogP contribution in [-0.2, 0) is 5.60 Å². The Balaban J connectivity index is 2.28. The van der Waals surface area contributed by atoms with E-state index in [0.717, 1.165) is 31.2 Å². The van der Waals surface area contributed by atoms with Crippen LogP contribution in [0.1, 0.15) is 44.6 Å². The number of ether oxygens (including phenoxy) is 1. The van der Waals surface area contributed by atoms with Gasteiger partial charge in [-0.2, -0.15) is 0 Å². The number of aliphatic hydroxyl groups is 1. The summed E-state index contributed by atoms with van der Waals surface area (Å²) in [6.45, 7) is 2.26. The zero-order valence-electron chi connectivity index (χ0n) is 11.1. The maximum absolute atomic E-state index is 10.9. The Bertz CT molecular complexity index is 419. The van der Waals surface area contributed by atoms with Gasteiger partial charge in [-0.15, -0.1) is 0 Å². The third kappa shape index (κ3) is 2.81. The van der Waals surface area contributed by atoms with Crippen LogP contribution >= 0.6 is 11.6 Å². The molecular weight excluding hydrogens is 248 g/mol. The Morgan fingerprint density at radius 1 is 1.33 bits per heavy atom. The first-order chi connectivity index (χ1) is 8.55. The Hall–Kier alpha value is -0.730. The summed E-state index contributed by atoms with van der Waals surface area (Å²) < 4.78 is 5.23. The molecule has 0 saturated heterocycles. The van der Waals surface area contributed by atoms with E-state index < -0.39 is 5.60 Å². The molecule has 0 spiro atoms. The molecule has 0 heterocycles. The molecule has 1 aromatic carbocycles. The van der Waals surface area contributed by atoms with E-state index >= 15 is 0 Å². The lowest BCUT2D eigenvalue weighted by atomic mass is 9.86. The van der Waals surface area contributed by atoms with Crippen LogP contribution in [0.25, 0.3) is 0 Å². The van der Waals surface area contributed by atoms with Crippen molar-refractivity contribution in [2.45, 2.75) is 44.6 Å². The van der Waals surface area contributed by atoms with Crippen molar-refractivity contribution >= 4 is 11.6 Å². The van der Waals surface area contributed by atoms with Gasteiger partial charge in [0.15, 0.2) is 0 Å². The molecule has 0 aliphatic heterocycles. The molecule has 1 N–H and O–H groups in total. The van der Waals surface area contributed by atoms with Crippen LogP contribution in [0.2, 0.25) is 5.02 Å². The minimum absolute atomic E-state index is 0.590. The molecule has 2 nitrogen and oxygen atoms in total. The van der Waals surface area contributed by atoms with Crippen LogP contribution in [0.3, 0.4) is 0 Å². The molecule has 0 bridgehead atoms. The second-order valence-electron chi connectivity index (χ2n) is 5.42. The van der Waals surface area contributed by atoms with Crippen LogP contribution in [0, 0.1) is 5.92 Å². The lowest BCUT2D eigenvalue weighted by molar-refractivity contribution is 0.0196. The highest BCUT2D eigenvalue weighted by Gasteiger charge is 2.32. The minimum Gasteiger partial charge on any atom is -0.495 e. The first-order valence-electron chi connectivity index (χ1n) is 6.61. The molecule has 2 atom stereocenters. The first kappa shape index (κ1) is 13.7. The topological polar surface area (TPSA) is 29.5 Å². The maximum Gasteiger partial charge on any atom is 0.137 e. The van der Waals surface area contributed by atoms with Crippen molar-refractivity contribution in [2.75, 3.05) is 7.11 Å². The van der Waals surface area contributed by atoms with E-state index in [1.165, 1.54) is 6.42 Å². The van der Waals surface area contributed by atoms with Crippen molar-refractivity contribution in [1.82, 2.24) is 0 Å². The number of hydrogen-bond donors (Lipinski definition) is 1. The van der Waals surface area contributed by atoms with Gasteiger partial charge >= 0.3 is 0 Å². The molecule has 0 aromatic heterocycles. The summed E-state index contributed by atoms with van der Waals surface area (Å²) in [4.78, 5) is 0. The summed E-state index contributed by atoms with van der Waals surface area (Å²) in [6.07, 6.45) is 4.98. The van der Waals surface area contributed by atoms with E-state index in [9.17, 15) is 5.11 Å². The second-order valence-corrected chi connectivity index (χ2v) is 5.82. The molecule has 1 aliphatic rings. The monoisotopic (exact) mass is 268 g/mol. The van der Waals surface area contributed by atoms with Gasteiger partial charge in [0, 0.05) is 0 Å². The van der Waals surface area contributed by atoms with E-state index in [0.29, 0.717) is 16.7 Å². The number of methoxy groups -OCH3 is 1. The second kappa shape index (κ2) is 5.50. The van der Waals surface area contributed by atoms with Crippen molar-refractivity contribution in [2.24, 2.45) is 5.92 Å². The maximum atomic E-state index is 10.9. The SMILES string of the molecule is COc1cc(C2(O)CCCC(C)CC2)ccc1Cl. The Kier molecular flexibility index (Phi) is 4.18. The van der Waals surface area contributed by atoms with E-state index in [2.05, 4.69) is 6.92 Å². The van der Waals surface area contributed by atoms with Crippen LogP contribution in [0.15, 0.2) is 18.2 Å². The quantitative estimate of drug-likeness (QED) is 0.817. The Morgan fingerprint density at radius 2 is 2.11 bits per heavy atom. The van der Waals surface area contributed by atoms with E-state index in [4.69, 9.17) is 16.3 Å². The standard InChI is InChI=1S/C15H21ClO2/c1-11-4-3-8-15(17,9-7-11)12-5-6-13(16)14(10-12)18-2/h5-6,10-11,17H,3-4,7-9H2,1-2H3. The van der Waals surface area contributed by atoms with Crippen LogP contribution in [0.4, 0.5) is 0 Å². The fourth-order valence-electron chi connectivity index (χ4n) is 2.74. The summed E-state index contributed by atoms with van der Waals surface area (Å²) in [5, 5.41) is 11.4. The average molecular weight is 269 g/mol. The molecule has 2 rings (SSSR count). The molecule has 1 aliphatic carbocycles. The Labute approximate surface area is 114 Å². The van der Waals surface area contributed by atoms with Gasteiger partial charge in [0.1, 0.15) is 5.75 Å². The number of hydrogen-bond acceptors (Lipinski definition) is 2. The molecule has 0 radical (unpaired) electrons. The van der Waals surface area contributed by atoms with Gasteiger partial charge in [-0.05, 0) is 49.3 Å². The Morgan fingerprint density at radius 3 is 2.83 bits per heavy atom. The lowest BCUT2D eigenvalue weighted by Crippen LogP contribution is -2.24. The highest BCUT2D eigenvalue weighted by Crippen LogP contribution is 2.40. The summed E-state index contributed by atoms with van der Waals surface area (Å²) in [7, 11) is 1.60. The summed E-state index contributed by atoms with van der Waals surface area (Å²) in [6, 6.07) is 5.60. The third-order valence-corrected chi connectivity index (χ3v) is 4.34. The molecule has 3 heteroatoms. The van der Waals surface area contributed by atoms with Gasteiger partial charge in [-0.25, -0.2) is 0 Å². The largest absolute Gasteiger partial charge is 0.495 e. The van der Waals surface area contributed by atoms with Gasteiger partial charge in [-0.3, -0.25) is 0 Å². The molecule has 18 heavy (non-hydrogen) atoms. The molecule has 2 unspecified atom stereocenters. The number of halogens is 1. The van der Waals surface area contributed by atoms with Crippen molar-refractivity contribution in [1.29, 1.82) is 0 Å². The van der Waals surface area contributed by atoms with Crippen molar-refractivity contribution in [3.05, 3.63) is 28.8 Å². The molecule has 1 fully saturated rings. The zero-order valence-corrected chi connectivity index (χ0v) is 11.8. The van der Waals surface area contributed by atoms with Crippen LogP contribution < -0.4 is 4.74 Å². The van der Waals surface area contributed by atoms with Gasteiger partial charge in [0.25, 0.3) is 0 Å². The average Bonchev–Trinajstić information content (AvgIpc) is 2.53.